The molecule has 0 saturated carbocycles. The number of methoxy groups -OCH3 is 1. The number of carbonyl (C=O) groups excluding carboxylic acids is 2. The lowest BCUT2D eigenvalue weighted by atomic mass is 9.95. The summed E-state index contributed by atoms with van der Waals surface area (Å²) in [5.41, 5.74) is -0.480. The van der Waals surface area contributed by atoms with Crippen LogP contribution in [0.1, 0.15) is 40.0 Å². The fourth-order valence-electron chi connectivity index (χ4n) is 2.04. The van der Waals surface area contributed by atoms with Gasteiger partial charge in [0.25, 0.3) is 0 Å². The lowest BCUT2D eigenvalue weighted by Crippen LogP contribution is -2.43. The lowest BCUT2D eigenvalue weighted by Gasteiger charge is -2.33. The van der Waals surface area contributed by atoms with Crippen LogP contribution < -0.4 is 0 Å². The third kappa shape index (κ3) is 4.94. The molecule has 1 rings (SSSR count). The third-order valence-electron chi connectivity index (χ3n) is 2.85. The molecular formula is C13H23NO4. The number of likely N-dealkylation sites (tertiary alicyclic amines) is 1. The average Bonchev–Trinajstić information content (AvgIpc) is 2.27. The molecule has 5 heteroatoms. The maximum absolute atomic E-state index is 11.9. The minimum absolute atomic E-state index is 0.179. The average molecular weight is 257 g/mol. The predicted molar refractivity (Wildman–Crippen MR) is 67.2 cm³/mol. The molecule has 18 heavy (non-hydrogen) atoms. The molecule has 1 aliphatic heterocycles. The first kappa shape index (κ1) is 14.8. The van der Waals surface area contributed by atoms with E-state index in [2.05, 4.69) is 4.74 Å². The van der Waals surface area contributed by atoms with E-state index >= 15 is 0 Å². The number of piperidine rings is 1. The minimum Gasteiger partial charge on any atom is -0.469 e. The minimum atomic E-state index is -0.480. The summed E-state index contributed by atoms with van der Waals surface area (Å²) in [6.07, 6.45) is 1.93. The fraction of sp³-hybridized carbons (Fsp3) is 0.846. The molecule has 0 aromatic carbocycles. The number of amides is 1. The van der Waals surface area contributed by atoms with Crippen LogP contribution in [0.2, 0.25) is 0 Å². The smallest absolute Gasteiger partial charge is 0.410 e. The Morgan fingerprint density at radius 2 is 2.00 bits per heavy atom. The van der Waals surface area contributed by atoms with Gasteiger partial charge < -0.3 is 14.4 Å². The molecule has 1 atom stereocenters. The molecule has 1 aliphatic rings. The van der Waals surface area contributed by atoms with Gasteiger partial charge in [0.05, 0.1) is 13.5 Å². The number of esters is 1. The van der Waals surface area contributed by atoms with E-state index in [0.29, 0.717) is 19.5 Å². The van der Waals surface area contributed by atoms with E-state index in [9.17, 15) is 9.59 Å². The van der Waals surface area contributed by atoms with Crippen LogP contribution in [-0.2, 0) is 14.3 Å². The van der Waals surface area contributed by atoms with Gasteiger partial charge in [0, 0.05) is 13.1 Å². The highest BCUT2D eigenvalue weighted by molar-refractivity contribution is 5.70. The topological polar surface area (TPSA) is 55.8 Å². The Bertz CT molecular complexity index is 309. The SMILES string of the molecule is COC(=O)CC1CCCN(C(=O)OC(C)(C)C)C1. The first-order valence-corrected chi connectivity index (χ1v) is 6.36. The molecule has 0 aromatic rings. The number of hydrogen-bond acceptors (Lipinski definition) is 4. The van der Waals surface area contributed by atoms with Crippen molar-refractivity contribution in [2.24, 2.45) is 5.92 Å². The van der Waals surface area contributed by atoms with Crippen LogP contribution in [0.3, 0.4) is 0 Å². The maximum Gasteiger partial charge on any atom is 0.410 e. The molecule has 0 radical (unpaired) electrons. The second kappa shape index (κ2) is 6.07. The molecule has 0 spiro atoms. The zero-order valence-electron chi connectivity index (χ0n) is 11.7. The molecule has 104 valence electrons. The monoisotopic (exact) mass is 257 g/mol. The van der Waals surface area contributed by atoms with Crippen molar-refractivity contribution in [3.05, 3.63) is 0 Å². The van der Waals surface area contributed by atoms with Crippen molar-refractivity contribution < 1.29 is 19.1 Å². The number of ether oxygens (including phenoxy) is 2. The lowest BCUT2D eigenvalue weighted by molar-refractivity contribution is -0.142. The van der Waals surface area contributed by atoms with Crippen molar-refractivity contribution in [2.75, 3.05) is 20.2 Å². The predicted octanol–water partition coefficient (Wildman–Crippen LogP) is 2.20. The molecule has 0 aromatic heterocycles. The zero-order chi connectivity index (χ0) is 13.8. The van der Waals surface area contributed by atoms with Crippen molar-refractivity contribution in [3.8, 4) is 0 Å². The van der Waals surface area contributed by atoms with Crippen LogP contribution in [0.4, 0.5) is 4.79 Å². The summed E-state index contributed by atoms with van der Waals surface area (Å²) in [7, 11) is 1.39. The van der Waals surface area contributed by atoms with Gasteiger partial charge in [-0.15, -0.1) is 0 Å². The van der Waals surface area contributed by atoms with Gasteiger partial charge >= 0.3 is 12.1 Å². The van der Waals surface area contributed by atoms with E-state index in [1.54, 1.807) is 4.90 Å². The first-order chi connectivity index (χ1) is 8.31. The Kier molecular flexibility index (Phi) is 4.99. The zero-order valence-corrected chi connectivity index (χ0v) is 11.7. The summed E-state index contributed by atoms with van der Waals surface area (Å²) >= 11 is 0. The van der Waals surface area contributed by atoms with Gasteiger partial charge in [-0.3, -0.25) is 4.79 Å². The molecule has 0 bridgehead atoms. The van der Waals surface area contributed by atoms with Crippen LogP contribution >= 0.6 is 0 Å². The highest BCUT2D eigenvalue weighted by Crippen LogP contribution is 2.21. The summed E-state index contributed by atoms with van der Waals surface area (Å²) in [5.74, 6) is -0.0373. The Labute approximate surface area is 108 Å². The van der Waals surface area contributed by atoms with Crippen LogP contribution in [0, 0.1) is 5.92 Å². The molecular weight excluding hydrogens is 234 g/mol. The van der Waals surface area contributed by atoms with Crippen molar-refractivity contribution >= 4 is 12.1 Å². The van der Waals surface area contributed by atoms with Gasteiger partial charge in [-0.05, 0) is 39.5 Å². The van der Waals surface area contributed by atoms with Gasteiger partial charge in [0.2, 0.25) is 0 Å². The Morgan fingerprint density at radius 1 is 1.33 bits per heavy atom. The molecule has 0 aliphatic carbocycles. The van der Waals surface area contributed by atoms with E-state index < -0.39 is 5.60 Å². The number of rotatable bonds is 2. The summed E-state index contributed by atoms with van der Waals surface area (Å²) in [5, 5.41) is 0. The summed E-state index contributed by atoms with van der Waals surface area (Å²) < 4.78 is 9.98. The molecule has 1 fully saturated rings. The standard InChI is InChI=1S/C13H23NO4/c1-13(2,3)18-12(16)14-7-5-6-10(9-14)8-11(15)17-4/h10H,5-9H2,1-4H3. The molecule has 1 saturated heterocycles. The van der Waals surface area contributed by atoms with E-state index in [1.807, 2.05) is 20.8 Å². The third-order valence-corrected chi connectivity index (χ3v) is 2.85. The first-order valence-electron chi connectivity index (χ1n) is 6.36. The summed E-state index contributed by atoms with van der Waals surface area (Å²) in [4.78, 5) is 24.8. The van der Waals surface area contributed by atoms with Crippen molar-refractivity contribution in [1.29, 1.82) is 0 Å². The molecule has 0 N–H and O–H groups in total. The van der Waals surface area contributed by atoms with Crippen LogP contribution in [0.25, 0.3) is 0 Å². The molecule has 5 nitrogen and oxygen atoms in total. The largest absolute Gasteiger partial charge is 0.469 e. The molecule has 1 heterocycles. The van der Waals surface area contributed by atoms with Crippen molar-refractivity contribution in [2.45, 2.75) is 45.6 Å². The van der Waals surface area contributed by atoms with Gasteiger partial charge in [0.1, 0.15) is 5.60 Å². The molecule has 1 unspecified atom stereocenters. The number of hydrogen-bond donors (Lipinski definition) is 0. The Morgan fingerprint density at radius 3 is 2.56 bits per heavy atom. The number of nitrogens with zero attached hydrogens (tertiary/aromatic N) is 1. The van der Waals surface area contributed by atoms with Gasteiger partial charge in [-0.25, -0.2) is 4.79 Å². The van der Waals surface area contributed by atoms with Gasteiger partial charge in [-0.2, -0.15) is 0 Å². The summed E-state index contributed by atoms with van der Waals surface area (Å²) in [6.45, 7) is 6.82. The van der Waals surface area contributed by atoms with E-state index in [1.165, 1.54) is 7.11 Å². The number of carbonyl (C=O) groups is 2. The quantitative estimate of drug-likeness (QED) is 0.712. The van der Waals surface area contributed by atoms with Crippen LogP contribution in [0.15, 0.2) is 0 Å². The van der Waals surface area contributed by atoms with Gasteiger partial charge in [0.15, 0.2) is 0 Å². The van der Waals surface area contributed by atoms with Crippen molar-refractivity contribution in [1.82, 2.24) is 4.90 Å². The summed E-state index contributed by atoms with van der Waals surface area (Å²) in [6, 6.07) is 0. The van der Waals surface area contributed by atoms with Crippen LogP contribution in [0.5, 0.6) is 0 Å². The normalized spacial score (nSPS) is 20.4. The fourth-order valence-corrected chi connectivity index (χ4v) is 2.04. The van der Waals surface area contributed by atoms with E-state index in [4.69, 9.17) is 4.74 Å². The van der Waals surface area contributed by atoms with E-state index in [-0.39, 0.29) is 18.0 Å². The van der Waals surface area contributed by atoms with Crippen molar-refractivity contribution in [3.63, 3.8) is 0 Å². The highest BCUT2D eigenvalue weighted by atomic mass is 16.6. The second-order valence-electron chi connectivity index (χ2n) is 5.71. The maximum atomic E-state index is 11.9. The molecule has 1 amide bonds. The Hall–Kier alpha value is -1.26. The highest BCUT2D eigenvalue weighted by Gasteiger charge is 2.28. The van der Waals surface area contributed by atoms with E-state index in [0.717, 1.165) is 12.8 Å². The Balaban J connectivity index is 2.48. The second-order valence-corrected chi connectivity index (χ2v) is 5.71. The van der Waals surface area contributed by atoms with Crippen LogP contribution in [-0.4, -0.2) is 42.8 Å². The van der Waals surface area contributed by atoms with Gasteiger partial charge in [-0.1, -0.05) is 0 Å².